The van der Waals surface area contributed by atoms with Crippen LogP contribution >= 0.6 is 0 Å². The van der Waals surface area contributed by atoms with Gasteiger partial charge in [0.1, 0.15) is 6.61 Å². The van der Waals surface area contributed by atoms with Gasteiger partial charge in [-0.3, -0.25) is 4.79 Å². The van der Waals surface area contributed by atoms with E-state index in [1.54, 1.807) is 0 Å². The molecule has 0 aliphatic carbocycles. The highest BCUT2D eigenvalue weighted by molar-refractivity contribution is 5.69. The molecule has 0 aromatic carbocycles. The van der Waals surface area contributed by atoms with Gasteiger partial charge in [-0.15, -0.1) is 0 Å². The third-order valence-corrected chi connectivity index (χ3v) is 6.27. The van der Waals surface area contributed by atoms with Crippen molar-refractivity contribution in [2.75, 3.05) is 46.5 Å². The van der Waals surface area contributed by atoms with Crippen molar-refractivity contribution in [3.63, 3.8) is 0 Å². The van der Waals surface area contributed by atoms with Crippen molar-refractivity contribution in [1.82, 2.24) is 10.2 Å². The summed E-state index contributed by atoms with van der Waals surface area (Å²) in [5.41, 5.74) is 0. The number of primary amides is 1. The van der Waals surface area contributed by atoms with Gasteiger partial charge < -0.3 is 24.8 Å². The molecule has 1 amide bonds. The van der Waals surface area contributed by atoms with E-state index in [2.05, 4.69) is 29.8 Å². The van der Waals surface area contributed by atoms with Crippen molar-refractivity contribution in [2.45, 2.75) is 103 Å². The molecule has 1 atom stereocenters. The van der Waals surface area contributed by atoms with Gasteiger partial charge in [0.2, 0.25) is 0 Å². The molecule has 216 valence electrons. The van der Waals surface area contributed by atoms with Gasteiger partial charge in [0.05, 0.1) is 19.4 Å². The molecule has 8 nitrogen and oxygen atoms in total. The Morgan fingerprint density at radius 1 is 0.973 bits per heavy atom. The molecule has 0 aromatic rings. The van der Waals surface area contributed by atoms with Crippen molar-refractivity contribution >= 4 is 12.1 Å². The molecule has 0 saturated carbocycles. The van der Waals surface area contributed by atoms with Crippen LogP contribution in [0.2, 0.25) is 0 Å². The quantitative estimate of drug-likeness (QED) is 0.0877. The number of nitrogens with zero attached hydrogens (tertiary/aromatic N) is 1. The summed E-state index contributed by atoms with van der Waals surface area (Å²) in [4.78, 5) is 25.4. The fraction of sp³-hybridized carbons (Fsp3) is 0.793. The van der Waals surface area contributed by atoms with E-state index in [0.717, 1.165) is 64.5 Å². The van der Waals surface area contributed by atoms with Crippen LogP contribution in [0, 0.1) is 0 Å². The summed E-state index contributed by atoms with van der Waals surface area (Å²) in [6, 6.07) is 0.355. The Morgan fingerprint density at radius 3 is 2.46 bits per heavy atom. The van der Waals surface area contributed by atoms with Crippen LogP contribution < -0.4 is 10.6 Å². The first-order valence-electron chi connectivity index (χ1n) is 14.5. The van der Waals surface area contributed by atoms with Crippen LogP contribution in [-0.4, -0.2) is 74.6 Å². The highest BCUT2D eigenvalue weighted by Gasteiger charge is 2.11. The maximum Gasteiger partial charge on any atom is 0.517 e. The van der Waals surface area contributed by atoms with E-state index in [1.165, 1.54) is 43.6 Å². The zero-order valence-corrected chi connectivity index (χ0v) is 23.8. The lowest BCUT2D eigenvalue weighted by Crippen LogP contribution is -2.82. The molecule has 0 aliphatic heterocycles. The zero-order valence-electron chi connectivity index (χ0n) is 23.8. The lowest BCUT2D eigenvalue weighted by Gasteiger charge is -2.21. The second-order valence-corrected chi connectivity index (χ2v) is 9.70. The summed E-state index contributed by atoms with van der Waals surface area (Å²) in [6.07, 6.45) is 19.9. The number of nitrogens with two attached hydrogens (primary N) is 1. The molecule has 0 radical (unpaired) electrons. The van der Waals surface area contributed by atoms with Gasteiger partial charge in [-0.05, 0) is 52.2 Å². The standard InChI is InChI=1S/C29H55N3O5/c1-4-6-7-8-9-10-13-16-25-36-28(34)20-15-12-11-14-18-27(31-21-22-32(3)23-24-33)19-17-26-37-29(35)30-5-2/h5,13,16,27,31,33H,2,4,6-12,14-15,17-26H2,1,3H3,(H,30,35)/p+1/b16-13+. The maximum absolute atomic E-state index is 11.9. The van der Waals surface area contributed by atoms with Crippen molar-refractivity contribution in [3.05, 3.63) is 24.9 Å². The van der Waals surface area contributed by atoms with Gasteiger partial charge in [0, 0.05) is 32.1 Å². The number of unbranched alkanes of at least 4 members (excludes halogenated alkanes) is 8. The molecule has 0 aromatic heterocycles. The highest BCUT2D eigenvalue weighted by Crippen LogP contribution is 2.12. The number of hydrogen-bond donors (Lipinski definition) is 3. The molecule has 0 aliphatic rings. The van der Waals surface area contributed by atoms with Crippen LogP contribution in [0.3, 0.4) is 0 Å². The number of quaternary nitrogens is 1. The van der Waals surface area contributed by atoms with E-state index in [9.17, 15) is 9.59 Å². The number of ether oxygens (including phenoxy) is 2. The number of allylic oxidation sites excluding steroid dienone is 1. The third kappa shape index (κ3) is 25.7. The monoisotopic (exact) mass is 526 g/mol. The Bertz CT molecular complexity index is 586. The molecule has 4 N–H and O–H groups in total. The summed E-state index contributed by atoms with van der Waals surface area (Å²) in [5.74, 6) is -0.109. The molecule has 0 heterocycles. The van der Waals surface area contributed by atoms with E-state index in [0.29, 0.717) is 32.2 Å². The minimum atomic E-state index is -0.350. The topological polar surface area (TPSA) is 105 Å². The van der Waals surface area contributed by atoms with E-state index in [4.69, 9.17) is 14.6 Å². The number of amides is 1. The van der Waals surface area contributed by atoms with E-state index < -0.39 is 0 Å². The van der Waals surface area contributed by atoms with Crippen LogP contribution in [0.25, 0.3) is 0 Å². The number of carbonyl (C=O) groups excluding carboxylic acids is 2. The number of esters is 1. The first-order valence-corrected chi connectivity index (χ1v) is 14.5. The second-order valence-electron chi connectivity index (χ2n) is 9.70. The summed E-state index contributed by atoms with van der Waals surface area (Å²) >= 11 is 0. The molecular formula is C29H56N3O5+. The Kier molecular flexibility index (Phi) is 26.0. The largest absolute Gasteiger partial charge is 0.517 e. The summed E-state index contributed by atoms with van der Waals surface area (Å²) in [5, 5.41) is 14.0. The zero-order chi connectivity index (χ0) is 27.4. The van der Waals surface area contributed by atoms with Crippen LogP contribution in [0.5, 0.6) is 0 Å². The molecule has 0 rings (SSSR count). The first kappa shape index (κ1) is 35.3. The number of nitrogens with one attached hydrogen (secondary N) is 1. The minimum Gasteiger partial charge on any atom is -0.461 e. The van der Waals surface area contributed by atoms with Crippen molar-refractivity contribution in [2.24, 2.45) is 0 Å². The Balaban J connectivity index is 3.98. The number of aliphatic hydroxyl groups excluding tert-OH is 1. The highest BCUT2D eigenvalue weighted by atomic mass is 16.5. The SMILES string of the molecule is C=C[NH2+]C(=O)OCCCC(CCCCCCC(=O)OC/C=C/CCCCCCC)NCCN(C)CCO. The first-order chi connectivity index (χ1) is 18.0. The number of carbonyl (C=O) groups is 2. The molecule has 1 unspecified atom stereocenters. The van der Waals surface area contributed by atoms with E-state index in [1.807, 2.05) is 13.1 Å². The Morgan fingerprint density at radius 2 is 1.70 bits per heavy atom. The van der Waals surface area contributed by atoms with E-state index in [-0.39, 0.29) is 18.7 Å². The Labute approximate surface area is 226 Å². The predicted molar refractivity (Wildman–Crippen MR) is 150 cm³/mol. The van der Waals surface area contributed by atoms with Crippen LogP contribution in [0.4, 0.5) is 4.79 Å². The maximum atomic E-state index is 11.9. The van der Waals surface area contributed by atoms with Crippen LogP contribution in [0.1, 0.15) is 96.8 Å². The molecule has 0 spiro atoms. The van der Waals surface area contributed by atoms with Crippen molar-refractivity contribution < 1.29 is 29.5 Å². The molecule has 0 bridgehead atoms. The van der Waals surface area contributed by atoms with Gasteiger partial charge in [-0.1, -0.05) is 64.0 Å². The molecule has 37 heavy (non-hydrogen) atoms. The average Bonchev–Trinajstić information content (AvgIpc) is 2.87. The minimum absolute atomic E-state index is 0.109. The fourth-order valence-corrected chi connectivity index (χ4v) is 4.02. The third-order valence-electron chi connectivity index (χ3n) is 6.27. The molecular weight excluding hydrogens is 470 g/mol. The van der Waals surface area contributed by atoms with Gasteiger partial charge in [0.15, 0.2) is 0 Å². The summed E-state index contributed by atoms with van der Waals surface area (Å²) in [7, 11) is 2.00. The van der Waals surface area contributed by atoms with Gasteiger partial charge >= 0.3 is 12.1 Å². The van der Waals surface area contributed by atoms with Gasteiger partial charge in [-0.2, -0.15) is 4.79 Å². The summed E-state index contributed by atoms with van der Waals surface area (Å²) < 4.78 is 10.5. The molecule has 0 fully saturated rings. The second kappa shape index (κ2) is 27.3. The smallest absolute Gasteiger partial charge is 0.461 e. The van der Waals surface area contributed by atoms with Crippen molar-refractivity contribution in [3.8, 4) is 0 Å². The molecule has 0 saturated heterocycles. The summed E-state index contributed by atoms with van der Waals surface area (Å²) in [6.45, 7) is 9.07. The predicted octanol–water partition coefficient (Wildman–Crippen LogP) is 4.29. The van der Waals surface area contributed by atoms with Crippen LogP contribution in [0.15, 0.2) is 24.9 Å². The number of hydrogen-bond acceptors (Lipinski definition) is 7. The van der Waals surface area contributed by atoms with Crippen LogP contribution in [-0.2, 0) is 14.3 Å². The van der Waals surface area contributed by atoms with Crippen molar-refractivity contribution in [1.29, 1.82) is 0 Å². The molecule has 8 heteroatoms. The lowest BCUT2D eigenvalue weighted by molar-refractivity contribution is -0.498. The van der Waals surface area contributed by atoms with Gasteiger partial charge in [0.25, 0.3) is 0 Å². The van der Waals surface area contributed by atoms with Gasteiger partial charge in [-0.25, -0.2) is 5.32 Å². The number of likely N-dealkylation sites (N-methyl/N-ethyl adjacent to an activating group) is 1. The normalized spacial score (nSPS) is 12.2. The number of aliphatic hydroxyl groups is 1. The average molecular weight is 527 g/mol. The fourth-order valence-electron chi connectivity index (χ4n) is 4.02. The Hall–Kier alpha value is -1.74. The van der Waals surface area contributed by atoms with E-state index >= 15 is 0 Å². The lowest BCUT2D eigenvalue weighted by atomic mass is 10.0. The number of rotatable bonds is 26.